The first-order valence-electron chi connectivity index (χ1n) is 4.65. The third-order valence-electron chi connectivity index (χ3n) is 1.58. The SMILES string of the molecule is CCC=N/C(=C\CC)c1cccs1. The fraction of sp³-hybridized carbons (Fsp3) is 0.364. The lowest BCUT2D eigenvalue weighted by Gasteiger charge is -1.96. The number of hydrogen-bond donors (Lipinski definition) is 0. The van der Waals surface area contributed by atoms with E-state index in [1.54, 1.807) is 11.3 Å². The standard InChI is InChI=1S/C11H15NS/c1-3-6-10(12-8-4-2)11-7-5-9-13-11/h5-9H,3-4H2,1-2H3/b10-6-,12-8?. The van der Waals surface area contributed by atoms with Crippen molar-refractivity contribution in [3.05, 3.63) is 28.5 Å². The van der Waals surface area contributed by atoms with Gasteiger partial charge < -0.3 is 0 Å². The van der Waals surface area contributed by atoms with Gasteiger partial charge in [-0.25, -0.2) is 0 Å². The molecule has 0 radical (unpaired) electrons. The molecule has 0 unspecified atom stereocenters. The van der Waals surface area contributed by atoms with E-state index in [1.165, 1.54) is 4.88 Å². The topological polar surface area (TPSA) is 12.4 Å². The molecule has 0 spiro atoms. The second-order valence-corrected chi connectivity index (χ2v) is 3.64. The zero-order valence-electron chi connectivity index (χ0n) is 8.16. The minimum absolute atomic E-state index is 0.992. The summed E-state index contributed by atoms with van der Waals surface area (Å²) >= 11 is 1.74. The molecule has 1 aromatic rings. The first-order valence-corrected chi connectivity index (χ1v) is 5.53. The van der Waals surface area contributed by atoms with Crippen LogP contribution in [0.3, 0.4) is 0 Å². The molecule has 70 valence electrons. The van der Waals surface area contributed by atoms with Gasteiger partial charge in [0.15, 0.2) is 0 Å². The molecule has 0 fully saturated rings. The number of aliphatic imine (C=N–C) groups is 1. The molecule has 0 amide bonds. The Morgan fingerprint density at radius 2 is 2.31 bits per heavy atom. The summed E-state index contributed by atoms with van der Waals surface area (Å²) in [6.07, 6.45) is 6.15. The van der Waals surface area contributed by atoms with Crippen molar-refractivity contribution in [1.82, 2.24) is 0 Å². The molecule has 2 heteroatoms. The van der Waals surface area contributed by atoms with E-state index in [-0.39, 0.29) is 0 Å². The maximum absolute atomic E-state index is 4.42. The Hall–Kier alpha value is -0.890. The van der Waals surface area contributed by atoms with Crippen molar-refractivity contribution >= 4 is 23.2 Å². The molecular formula is C11H15NS. The van der Waals surface area contributed by atoms with Crippen molar-refractivity contribution in [2.75, 3.05) is 0 Å². The Balaban J connectivity index is 2.81. The van der Waals surface area contributed by atoms with Crippen molar-refractivity contribution in [3.63, 3.8) is 0 Å². The van der Waals surface area contributed by atoms with E-state index < -0.39 is 0 Å². The summed E-state index contributed by atoms with van der Waals surface area (Å²) in [6.45, 7) is 4.23. The zero-order chi connectivity index (χ0) is 9.52. The van der Waals surface area contributed by atoms with Crippen LogP contribution in [0.25, 0.3) is 5.70 Å². The maximum atomic E-state index is 4.42. The van der Waals surface area contributed by atoms with Crippen molar-refractivity contribution in [2.45, 2.75) is 26.7 Å². The van der Waals surface area contributed by atoms with Crippen LogP contribution in [-0.4, -0.2) is 6.21 Å². The van der Waals surface area contributed by atoms with E-state index in [0.29, 0.717) is 0 Å². The van der Waals surface area contributed by atoms with Crippen LogP contribution in [0.4, 0.5) is 0 Å². The predicted octanol–water partition coefficient (Wildman–Crippen LogP) is 3.98. The Labute approximate surface area is 83.8 Å². The van der Waals surface area contributed by atoms with Gasteiger partial charge in [-0.15, -0.1) is 11.3 Å². The van der Waals surface area contributed by atoms with E-state index in [2.05, 4.69) is 42.4 Å². The lowest BCUT2D eigenvalue weighted by molar-refractivity contribution is 1.22. The molecule has 0 N–H and O–H groups in total. The summed E-state index contributed by atoms with van der Waals surface area (Å²) in [5.41, 5.74) is 1.11. The average Bonchev–Trinajstić information content (AvgIpc) is 2.65. The number of rotatable bonds is 4. The summed E-state index contributed by atoms with van der Waals surface area (Å²) < 4.78 is 0. The van der Waals surface area contributed by atoms with Crippen molar-refractivity contribution in [1.29, 1.82) is 0 Å². The van der Waals surface area contributed by atoms with Gasteiger partial charge in [0, 0.05) is 6.21 Å². The van der Waals surface area contributed by atoms with Crippen LogP contribution in [0.1, 0.15) is 31.6 Å². The summed E-state index contributed by atoms with van der Waals surface area (Å²) in [5.74, 6) is 0. The molecule has 13 heavy (non-hydrogen) atoms. The van der Waals surface area contributed by atoms with Gasteiger partial charge in [-0.2, -0.15) is 0 Å². The Morgan fingerprint density at radius 1 is 1.46 bits per heavy atom. The lowest BCUT2D eigenvalue weighted by atomic mass is 10.3. The van der Waals surface area contributed by atoms with E-state index in [4.69, 9.17) is 0 Å². The molecule has 0 aromatic carbocycles. The van der Waals surface area contributed by atoms with Crippen LogP contribution in [0.2, 0.25) is 0 Å². The molecule has 1 heterocycles. The number of allylic oxidation sites excluding steroid dienone is 1. The second-order valence-electron chi connectivity index (χ2n) is 2.69. The first-order chi connectivity index (χ1) is 6.38. The van der Waals surface area contributed by atoms with E-state index in [0.717, 1.165) is 18.5 Å². The summed E-state index contributed by atoms with van der Waals surface area (Å²) in [6, 6.07) is 4.17. The van der Waals surface area contributed by atoms with Crippen LogP contribution in [-0.2, 0) is 0 Å². The van der Waals surface area contributed by atoms with E-state index >= 15 is 0 Å². The number of thiophene rings is 1. The third kappa shape index (κ3) is 3.15. The largest absolute Gasteiger partial charge is 0.260 e. The minimum Gasteiger partial charge on any atom is -0.260 e. The fourth-order valence-corrected chi connectivity index (χ4v) is 1.74. The normalized spacial score (nSPS) is 12.6. The number of hydrogen-bond acceptors (Lipinski definition) is 2. The monoisotopic (exact) mass is 193 g/mol. The van der Waals surface area contributed by atoms with Gasteiger partial charge in [-0.05, 0) is 24.3 Å². The Kier molecular flexibility index (Phi) is 4.47. The Bertz CT molecular complexity index is 283. The molecule has 1 rings (SSSR count). The smallest absolute Gasteiger partial charge is 0.0757 e. The third-order valence-corrected chi connectivity index (χ3v) is 2.48. The predicted molar refractivity (Wildman–Crippen MR) is 61.4 cm³/mol. The molecule has 0 aliphatic carbocycles. The number of nitrogens with zero attached hydrogens (tertiary/aromatic N) is 1. The highest BCUT2D eigenvalue weighted by atomic mass is 32.1. The molecule has 0 aliphatic heterocycles. The zero-order valence-corrected chi connectivity index (χ0v) is 8.97. The van der Waals surface area contributed by atoms with Gasteiger partial charge in [0.05, 0.1) is 10.6 Å². The lowest BCUT2D eigenvalue weighted by Crippen LogP contribution is -1.76. The summed E-state index contributed by atoms with van der Waals surface area (Å²) in [7, 11) is 0. The van der Waals surface area contributed by atoms with Crippen LogP contribution in [0.5, 0.6) is 0 Å². The Morgan fingerprint density at radius 3 is 2.85 bits per heavy atom. The molecule has 1 nitrogen and oxygen atoms in total. The van der Waals surface area contributed by atoms with Crippen molar-refractivity contribution < 1.29 is 0 Å². The van der Waals surface area contributed by atoms with Gasteiger partial charge in [0.1, 0.15) is 0 Å². The maximum Gasteiger partial charge on any atom is 0.0757 e. The van der Waals surface area contributed by atoms with Crippen molar-refractivity contribution in [2.24, 2.45) is 4.99 Å². The highest BCUT2D eigenvalue weighted by molar-refractivity contribution is 7.11. The summed E-state index contributed by atoms with van der Waals surface area (Å²) in [4.78, 5) is 5.68. The van der Waals surface area contributed by atoms with Crippen LogP contribution >= 0.6 is 11.3 Å². The van der Waals surface area contributed by atoms with Crippen LogP contribution < -0.4 is 0 Å². The minimum atomic E-state index is 0.992. The van der Waals surface area contributed by atoms with Gasteiger partial charge >= 0.3 is 0 Å². The molecule has 0 atom stereocenters. The van der Waals surface area contributed by atoms with E-state index in [1.807, 2.05) is 6.21 Å². The van der Waals surface area contributed by atoms with Gasteiger partial charge in [0.25, 0.3) is 0 Å². The first kappa shape index (κ1) is 10.2. The molecule has 0 saturated heterocycles. The van der Waals surface area contributed by atoms with Gasteiger partial charge in [0.2, 0.25) is 0 Å². The fourth-order valence-electron chi connectivity index (χ4n) is 1.02. The molecule has 0 aliphatic rings. The van der Waals surface area contributed by atoms with E-state index in [9.17, 15) is 0 Å². The average molecular weight is 193 g/mol. The van der Waals surface area contributed by atoms with Gasteiger partial charge in [-0.1, -0.05) is 26.0 Å². The highest BCUT2D eigenvalue weighted by Crippen LogP contribution is 2.21. The van der Waals surface area contributed by atoms with Crippen LogP contribution in [0.15, 0.2) is 28.6 Å². The van der Waals surface area contributed by atoms with Crippen molar-refractivity contribution in [3.8, 4) is 0 Å². The van der Waals surface area contributed by atoms with Crippen LogP contribution in [0, 0.1) is 0 Å². The molecular weight excluding hydrogens is 178 g/mol. The molecule has 0 bridgehead atoms. The highest BCUT2D eigenvalue weighted by Gasteiger charge is 1.97. The summed E-state index contributed by atoms with van der Waals surface area (Å²) in [5, 5.41) is 2.08. The van der Waals surface area contributed by atoms with Gasteiger partial charge in [-0.3, -0.25) is 4.99 Å². The molecule has 1 aromatic heterocycles. The quantitative estimate of drug-likeness (QED) is 0.641. The second kappa shape index (κ2) is 5.70. The molecule has 0 saturated carbocycles.